The molecule has 1 N–H and O–H groups in total. The predicted octanol–water partition coefficient (Wildman–Crippen LogP) is 3.43. The van der Waals surface area contributed by atoms with Crippen molar-refractivity contribution < 1.29 is 19.4 Å². The number of hydrogen-bond acceptors (Lipinski definition) is 4. The van der Waals surface area contributed by atoms with E-state index in [4.69, 9.17) is 9.47 Å². The third-order valence-electron chi connectivity index (χ3n) is 5.28. The van der Waals surface area contributed by atoms with Gasteiger partial charge >= 0.3 is 0 Å². The molecule has 5 heteroatoms. The zero-order valence-electron chi connectivity index (χ0n) is 16.1. The Morgan fingerprint density at radius 3 is 2.48 bits per heavy atom. The SMILES string of the molecule is CC[C@H]1Cc2ccc(cc2)Oc2cc(ccc2OC)C[C@@H](CO)N(C)C1=O. The second kappa shape index (κ2) is 8.44. The van der Waals surface area contributed by atoms with E-state index < -0.39 is 0 Å². The minimum absolute atomic E-state index is 0.0719. The molecule has 2 heterocycles. The number of carbonyl (C=O) groups is 1. The third kappa shape index (κ3) is 4.25. The van der Waals surface area contributed by atoms with Gasteiger partial charge in [0.25, 0.3) is 0 Å². The fourth-order valence-corrected chi connectivity index (χ4v) is 3.50. The predicted molar refractivity (Wildman–Crippen MR) is 104 cm³/mol. The first kappa shape index (κ1) is 19.2. The second-order valence-electron chi connectivity index (χ2n) is 7.03. The van der Waals surface area contributed by atoms with Crippen LogP contribution in [0.5, 0.6) is 17.2 Å². The first-order valence-electron chi connectivity index (χ1n) is 9.37. The van der Waals surface area contributed by atoms with Gasteiger partial charge in [0.15, 0.2) is 11.5 Å². The van der Waals surface area contributed by atoms with Gasteiger partial charge in [-0.25, -0.2) is 0 Å². The Morgan fingerprint density at radius 2 is 1.85 bits per heavy atom. The Hall–Kier alpha value is -2.53. The molecule has 1 amide bonds. The van der Waals surface area contributed by atoms with Crippen molar-refractivity contribution in [3.05, 3.63) is 53.6 Å². The monoisotopic (exact) mass is 369 g/mol. The van der Waals surface area contributed by atoms with Gasteiger partial charge in [0.1, 0.15) is 5.75 Å². The number of ether oxygens (including phenoxy) is 2. The van der Waals surface area contributed by atoms with E-state index in [0.29, 0.717) is 24.3 Å². The molecular formula is C22H27NO4. The number of benzene rings is 2. The fraction of sp³-hybridized carbons (Fsp3) is 0.409. The third-order valence-corrected chi connectivity index (χ3v) is 5.28. The summed E-state index contributed by atoms with van der Waals surface area (Å²) < 4.78 is 11.5. The highest BCUT2D eigenvalue weighted by molar-refractivity contribution is 5.79. The lowest BCUT2D eigenvalue weighted by molar-refractivity contribution is -0.137. The number of amides is 1. The summed E-state index contributed by atoms with van der Waals surface area (Å²) in [4.78, 5) is 14.7. The number of rotatable bonds is 3. The Bertz CT molecular complexity index is 787. The van der Waals surface area contributed by atoms with Gasteiger partial charge < -0.3 is 19.5 Å². The van der Waals surface area contributed by atoms with Crippen molar-refractivity contribution in [2.24, 2.45) is 5.92 Å². The van der Waals surface area contributed by atoms with Crippen LogP contribution in [0.2, 0.25) is 0 Å². The van der Waals surface area contributed by atoms with Gasteiger partial charge in [0.05, 0.1) is 19.8 Å². The van der Waals surface area contributed by atoms with E-state index in [0.717, 1.165) is 23.3 Å². The molecule has 0 unspecified atom stereocenters. The van der Waals surface area contributed by atoms with Crippen LogP contribution < -0.4 is 9.47 Å². The molecule has 0 spiro atoms. The smallest absolute Gasteiger partial charge is 0.226 e. The first-order valence-corrected chi connectivity index (χ1v) is 9.37. The molecule has 4 bridgehead atoms. The molecule has 0 fully saturated rings. The van der Waals surface area contributed by atoms with Gasteiger partial charge in [0, 0.05) is 13.0 Å². The zero-order valence-corrected chi connectivity index (χ0v) is 16.1. The number of likely N-dealkylation sites (N-methyl/N-ethyl adjacent to an activating group) is 1. The van der Waals surface area contributed by atoms with Gasteiger partial charge in [-0.15, -0.1) is 0 Å². The molecule has 5 nitrogen and oxygen atoms in total. The number of nitrogens with zero attached hydrogens (tertiary/aromatic N) is 1. The van der Waals surface area contributed by atoms with Gasteiger partial charge in [0.2, 0.25) is 5.91 Å². The molecule has 144 valence electrons. The van der Waals surface area contributed by atoms with E-state index in [1.807, 2.05) is 49.4 Å². The highest BCUT2D eigenvalue weighted by Gasteiger charge is 2.26. The van der Waals surface area contributed by atoms with Gasteiger partial charge in [-0.1, -0.05) is 25.1 Å². The van der Waals surface area contributed by atoms with E-state index in [1.54, 1.807) is 19.1 Å². The van der Waals surface area contributed by atoms with Crippen molar-refractivity contribution in [2.75, 3.05) is 20.8 Å². The summed E-state index contributed by atoms with van der Waals surface area (Å²) in [5.41, 5.74) is 2.07. The normalized spacial score (nSPS) is 20.1. The Morgan fingerprint density at radius 1 is 1.15 bits per heavy atom. The standard InChI is InChI=1S/C22H27NO4/c1-4-17-11-15-5-8-19(9-6-15)27-21-13-16(7-10-20(21)26-3)12-18(14-24)23(2)22(17)25/h5-10,13,17-18,24H,4,11-12,14H2,1-3H3/t17-,18-/m0/s1. The molecule has 4 rings (SSSR count). The lowest BCUT2D eigenvalue weighted by Crippen LogP contribution is -2.44. The van der Waals surface area contributed by atoms with Crippen LogP contribution in [0.4, 0.5) is 0 Å². The van der Waals surface area contributed by atoms with Crippen molar-refractivity contribution in [1.29, 1.82) is 0 Å². The largest absolute Gasteiger partial charge is 0.493 e. The number of methoxy groups -OCH3 is 1. The van der Waals surface area contributed by atoms with E-state index >= 15 is 0 Å². The number of fused-ring (bicyclic) bond motifs is 7. The average molecular weight is 369 g/mol. The van der Waals surface area contributed by atoms with Gasteiger partial charge in [-0.3, -0.25) is 4.79 Å². The quantitative estimate of drug-likeness (QED) is 0.900. The van der Waals surface area contributed by atoms with Crippen LogP contribution in [-0.4, -0.2) is 42.7 Å². The molecule has 2 aromatic rings. The van der Waals surface area contributed by atoms with E-state index in [-0.39, 0.29) is 24.5 Å². The van der Waals surface area contributed by atoms with Crippen LogP contribution in [-0.2, 0) is 17.6 Å². The average Bonchev–Trinajstić information content (AvgIpc) is 2.70. The second-order valence-corrected chi connectivity index (χ2v) is 7.03. The van der Waals surface area contributed by atoms with E-state index in [2.05, 4.69) is 0 Å². The zero-order chi connectivity index (χ0) is 19.4. The molecule has 2 aliphatic heterocycles. The van der Waals surface area contributed by atoms with Crippen molar-refractivity contribution in [2.45, 2.75) is 32.2 Å². The number of aliphatic hydroxyl groups is 1. The first-order chi connectivity index (χ1) is 13.0. The lowest BCUT2D eigenvalue weighted by atomic mass is 9.94. The summed E-state index contributed by atoms with van der Waals surface area (Å²) in [6.45, 7) is 1.94. The number of aliphatic hydroxyl groups excluding tert-OH is 1. The molecule has 0 saturated heterocycles. The van der Waals surface area contributed by atoms with E-state index in [1.165, 1.54) is 0 Å². The molecule has 0 radical (unpaired) electrons. The number of hydrogen-bond donors (Lipinski definition) is 1. The lowest BCUT2D eigenvalue weighted by Gasteiger charge is -2.30. The minimum Gasteiger partial charge on any atom is -0.493 e. The van der Waals surface area contributed by atoms with Crippen LogP contribution in [0.3, 0.4) is 0 Å². The molecular weight excluding hydrogens is 342 g/mol. The van der Waals surface area contributed by atoms with Crippen LogP contribution >= 0.6 is 0 Å². The summed E-state index contributed by atoms with van der Waals surface area (Å²) in [6, 6.07) is 13.3. The van der Waals surface area contributed by atoms with Crippen LogP contribution in [0, 0.1) is 5.92 Å². The molecule has 0 saturated carbocycles. The van der Waals surface area contributed by atoms with Crippen molar-refractivity contribution in [3.8, 4) is 17.2 Å². The highest BCUT2D eigenvalue weighted by Crippen LogP contribution is 2.33. The maximum atomic E-state index is 13.0. The minimum atomic E-state index is -0.281. The van der Waals surface area contributed by atoms with Crippen LogP contribution in [0.1, 0.15) is 24.5 Å². The maximum absolute atomic E-state index is 13.0. The van der Waals surface area contributed by atoms with E-state index in [9.17, 15) is 9.90 Å². The van der Waals surface area contributed by atoms with Crippen molar-refractivity contribution in [1.82, 2.24) is 4.90 Å². The maximum Gasteiger partial charge on any atom is 0.226 e. The molecule has 2 aliphatic rings. The molecule has 2 atom stereocenters. The Balaban J connectivity index is 2.05. The van der Waals surface area contributed by atoms with Crippen LogP contribution in [0.25, 0.3) is 0 Å². The molecule has 2 aromatic carbocycles. The van der Waals surface area contributed by atoms with Crippen LogP contribution in [0.15, 0.2) is 42.5 Å². The summed E-state index contributed by atoms with van der Waals surface area (Å²) >= 11 is 0. The molecule has 27 heavy (non-hydrogen) atoms. The fourth-order valence-electron chi connectivity index (χ4n) is 3.50. The summed E-state index contributed by atoms with van der Waals surface area (Å²) in [7, 11) is 3.39. The summed E-state index contributed by atoms with van der Waals surface area (Å²) in [5, 5.41) is 9.90. The number of carbonyl (C=O) groups excluding carboxylic acids is 1. The topological polar surface area (TPSA) is 59.0 Å². The Kier molecular flexibility index (Phi) is 6.01. The summed E-state index contributed by atoms with van der Waals surface area (Å²) in [6.07, 6.45) is 1.98. The Labute approximate surface area is 160 Å². The molecule has 0 aromatic heterocycles. The van der Waals surface area contributed by atoms with Crippen molar-refractivity contribution in [3.63, 3.8) is 0 Å². The van der Waals surface area contributed by atoms with Gasteiger partial charge in [-0.2, -0.15) is 0 Å². The molecule has 0 aliphatic carbocycles. The van der Waals surface area contributed by atoms with Crippen molar-refractivity contribution >= 4 is 5.91 Å². The van der Waals surface area contributed by atoms with Gasteiger partial charge in [-0.05, 0) is 54.7 Å². The summed E-state index contributed by atoms with van der Waals surface area (Å²) in [5.74, 6) is 1.96. The highest BCUT2D eigenvalue weighted by atomic mass is 16.5.